The van der Waals surface area contributed by atoms with Gasteiger partial charge in [-0.1, -0.05) is 21.3 Å². The van der Waals surface area contributed by atoms with Crippen LogP contribution in [0, 0.1) is 5.92 Å². The molecule has 0 saturated carbocycles. The first-order valence-corrected chi connectivity index (χ1v) is 5.72. The molecule has 0 aliphatic carbocycles. The quantitative estimate of drug-likeness (QED) is 0.631. The summed E-state index contributed by atoms with van der Waals surface area (Å²) in [5, 5.41) is 0. The molecule has 0 spiro atoms. The molecule has 16 heavy (non-hydrogen) atoms. The van der Waals surface area contributed by atoms with Gasteiger partial charge in [0.25, 0.3) is 0 Å². The van der Waals surface area contributed by atoms with Gasteiger partial charge < -0.3 is 4.74 Å². The lowest BCUT2D eigenvalue weighted by molar-refractivity contribution is -0.129. The summed E-state index contributed by atoms with van der Waals surface area (Å²) in [5.41, 5.74) is 0. The fourth-order valence-corrected chi connectivity index (χ4v) is 1.31. The lowest BCUT2D eigenvalue weighted by Crippen LogP contribution is -2.39. The smallest absolute Gasteiger partial charge is 0.161 e. The lowest BCUT2D eigenvalue weighted by atomic mass is 10.1. The van der Waals surface area contributed by atoms with E-state index in [1.54, 1.807) is 0 Å². The van der Waals surface area contributed by atoms with E-state index in [2.05, 4.69) is 32.6 Å². The first kappa shape index (κ1) is 18.0. The number of hydrogen-bond donors (Lipinski definition) is 0. The minimum absolute atomic E-state index is 0. The topological polar surface area (TPSA) is 29.5 Å². The van der Waals surface area contributed by atoms with Crippen LogP contribution >= 0.6 is 0 Å². The van der Waals surface area contributed by atoms with Crippen LogP contribution in [0.4, 0.5) is 0 Å². The maximum Gasteiger partial charge on any atom is 0.161 e. The number of rotatable bonds is 7. The molecule has 0 aromatic carbocycles. The molecule has 0 atom stereocenters. The summed E-state index contributed by atoms with van der Waals surface area (Å²) < 4.78 is 5.42. The number of ketones is 1. The third kappa shape index (κ3) is 6.96. The van der Waals surface area contributed by atoms with Crippen LogP contribution < -0.4 is 0 Å². The third-order valence-electron chi connectivity index (χ3n) is 2.46. The van der Waals surface area contributed by atoms with Crippen molar-refractivity contribution in [2.45, 2.75) is 61.1 Å². The zero-order chi connectivity index (χ0) is 12.0. The zero-order valence-corrected chi connectivity index (χ0v) is 10.9. The Kier molecular flexibility index (Phi) is 9.78. The molecule has 0 radical (unpaired) electrons. The summed E-state index contributed by atoms with van der Waals surface area (Å²) in [6.45, 7) is 13.1. The number of nitrogens with zero attached hydrogens (tertiary/aromatic N) is 1. The molecule has 0 rings (SSSR count). The third-order valence-corrected chi connectivity index (χ3v) is 2.46. The SMILES string of the molecule is C.CC(C)C(=O)COCN(C(C)C)C(C)C. The van der Waals surface area contributed by atoms with Gasteiger partial charge in [0.05, 0.1) is 0 Å². The monoisotopic (exact) mass is 231 g/mol. The Morgan fingerprint density at radius 1 is 1.06 bits per heavy atom. The molecule has 0 amide bonds. The second kappa shape index (κ2) is 8.71. The van der Waals surface area contributed by atoms with Crippen LogP contribution in [0.5, 0.6) is 0 Å². The van der Waals surface area contributed by atoms with Gasteiger partial charge >= 0.3 is 0 Å². The Bertz CT molecular complexity index is 180. The van der Waals surface area contributed by atoms with Crippen LogP contribution in [0.25, 0.3) is 0 Å². The van der Waals surface area contributed by atoms with Crippen molar-refractivity contribution < 1.29 is 9.53 Å². The highest BCUT2D eigenvalue weighted by Gasteiger charge is 2.14. The molecule has 98 valence electrons. The summed E-state index contributed by atoms with van der Waals surface area (Å²) in [4.78, 5) is 13.5. The molecule has 0 aromatic rings. The van der Waals surface area contributed by atoms with E-state index in [0.717, 1.165) is 0 Å². The average molecular weight is 231 g/mol. The normalized spacial score (nSPS) is 11.4. The van der Waals surface area contributed by atoms with Crippen LogP contribution in [-0.4, -0.2) is 36.1 Å². The van der Waals surface area contributed by atoms with E-state index in [1.807, 2.05) is 13.8 Å². The average Bonchev–Trinajstić information content (AvgIpc) is 2.10. The lowest BCUT2D eigenvalue weighted by Gasteiger charge is -2.29. The number of carbonyl (C=O) groups is 1. The van der Waals surface area contributed by atoms with Crippen molar-refractivity contribution in [2.24, 2.45) is 5.92 Å². The second-order valence-corrected chi connectivity index (χ2v) is 4.80. The van der Waals surface area contributed by atoms with Gasteiger partial charge in [-0.05, 0) is 27.7 Å². The summed E-state index contributed by atoms with van der Waals surface area (Å²) in [5.74, 6) is 0.235. The van der Waals surface area contributed by atoms with E-state index >= 15 is 0 Å². The Balaban J connectivity index is 0. The molecule has 0 aromatic heterocycles. The van der Waals surface area contributed by atoms with E-state index in [1.165, 1.54) is 0 Å². The number of carbonyl (C=O) groups excluding carboxylic acids is 1. The molecule has 0 aliphatic heterocycles. The minimum atomic E-state index is 0. The van der Waals surface area contributed by atoms with Crippen molar-refractivity contribution in [2.75, 3.05) is 13.3 Å². The number of hydrogen-bond acceptors (Lipinski definition) is 3. The summed E-state index contributed by atoms with van der Waals surface area (Å²) in [6, 6.07) is 0.887. The molecule has 0 aliphatic rings. The van der Waals surface area contributed by atoms with Crippen LogP contribution in [-0.2, 0) is 9.53 Å². The van der Waals surface area contributed by atoms with Crippen molar-refractivity contribution in [3.8, 4) is 0 Å². The second-order valence-electron chi connectivity index (χ2n) is 4.80. The van der Waals surface area contributed by atoms with E-state index < -0.39 is 0 Å². The van der Waals surface area contributed by atoms with Crippen molar-refractivity contribution in [3.63, 3.8) is 0 Å². The highest BCUT2D eigenvalue weighted by atomic mass is 16.5. The zero-order valence-electron chi connectivity index (χ0n) is 10.9. The van der Waals surface area contributed by atoms with Crippen LogP contribution in [0.15, 0.2) is 0 Å². The fourth-order valence-electron chi connectivity index (χ4n) is 1.31. The van der Waals surface area contributed by atoms with Crippen molar-refractivity contribution in [1.29, 1.82) is 0 Å². The number of Topliss-reactive ketones (excluding diaryl/α,β-unsaturated/α-hetero) is 1. The molecule has 0 saturated heterocycles. The van der Waals surface area contributed by atoms with Gasteiger partial charge in [-0.3, -0.25) is 9.69 Å². The first-order valence-electron chi connectivity index (χ1n) is 5.72. The van der Waals surface area contributed by atoms with Crippen LogP contribution in [0.3, 0.4) is 0 Å². The Morgan fingerprint density at radius 3 is 1.81 bits per heavy atom. The maximum absolute atomic E-state index is 11.3. The fraction of sp³-hybridized carbons (Fsp3) is 0.923. The predicted molar refractivity (Wildman–Crippen MR) is 69.5 cm³/mol. The highest BCUT2D eigenvalue weighted by molar-refractivity contribution is 5.81. The van der Waals surface area contributed by atoms with Gasteiger partial charge in [-0.2, -0.15) is 0 Å². The van der Waals surface area contributed by atoms with Crippen molar-refractivity contribution >= 4 is 5.78 Å². The van der Waals surface area contributed by atoms with E-state index in [-0.39, 0.29) is 25.7 Å². The predicted octanol–water partition coefficient (Wildman–Crippen LogP) is 2.94. The molecule has 0 unspecified atom stereocenters. The first-order chi connectivity index (χ1) is 6.86. The Hall–Kier alpha value is -0.410. The van der Waals surface area contributed by atoms with Gasteiger partial charge in [0.15, 0.2) is 5.78 Å². The number of ether oxygens (including phenoxy) is 1. The van der Waals surface area contributed by atoms with Crippen molar-refractivity contribution in [1.82, 2.24) is 4.90 Å². The molecular formula is C13H29NO2. The van der Waals surface area contributed by atoms with Gasteiger partial charge in [0.2, 0.25) is 0 Å². The Morgan fingerprint density at radius 2 is 1.50 bits per heavy atom. The largest absolute Gasteiger partial charge is 0.358 e. The van der Waals surface area contributed by atoms with E-state index in [9.17, 15) is 4.79 Å². The standard InChI is InChI=1S/C12H25NO2.CH4/c1-9(2)12(14)7-15-8-13(10(3)4)11(5)6;/h9-11H,7-8H2,1-6H3;1H4. The summed E-state index contributed by atoms with van der Waals surface area (Å²) in [7, 11) is 0. The molecule has 3 nitrogen and oxygen atoms in total. The molecule has 0 N–H and O–H groups in total. The summed E-state index contributed by atoms with van der Waals surface area (Å²) >= 11 is 0. The molecule has 0 bridgehead atoms. The van der Waals surface area contributed by atoms with Crippen LogP contribution in [0.2, 0.25) is 0 Å². The van der Waals surface area contributed by atoms with Gasteiger partial charge in [-0.15, -0.1) is 0 Å². The molecule has 3 heteroatoms. The molecule has 0 heterocycles. The maximum atomic E-state index is 11.3. The summed E-state index contributed by atoms with van der Waals surface area (Å²) in [6.07, 6.45) is 0. The van der Waals surface area contributed by atoms with E-state index in [4.69, 9.17) is 4.74 Å². The van der Waals surface area contributed by atoms with Crippen LogP contribution in [0.1, 0.15) is 49.0 Å². The molecule has 0 fully saturated rings. The van der Waals surface area contributed by atoms with Gasteiger partial charge in [-0.25, -0.2) is 0 Å². The van der Waals surface area contributed by atoms with Gasteiger partial charge in [0, 0.05) is 18.0 Å². The van der Waals surface area contributed by atoms with E-state index in [0.29, 0.717) is 18.8 Å². The Labute approximate surface area is 101 Å². The highest BCUT2D eigenvalue weighted by Crippen LogP contribution is 2.05. The van der Waals surface area contributed by atoms with Crippen molar-refractivity contribution in [3.05, 3.63) is 0 Å². The molecular weight excluding hydrogens is 202 g/mol. The van der Waals surface area contributed by atoms with Gasteiger partial charge in [0.1, 0.15) is 13.3 Å². The minimum Gasteiger partial charge on any atom is -0.358 e.